The van der Waals surface area contributed by atoms with Crippen molar-refractivity contribution in [2.24, 2.45) is 0 Å². The number of amides is 1. The molecule has 0 aromatic carbocycles. The highest BCUT2D eigenvalue weighted by molar-refractivity contribution is 7.99. The van der Waals surface area contributed by atoms with Crippen LogP contribution in [0.15, 0.2) is 0 Å². The van der Waals surface area contributed by atoms with Crippen LogP contribution in [0.2, 0.25) is 0 Å². The molecule has 2 heterocycles. The number of nitrogens with one attached hydrogen (secondary N) is 1. The summed E-state index contributed by atoms with van der Waals surface area (Å²) >= 11 is 3.02. The molecule has 1 N–H and O–H groups in total. The van der Waals surface area contributed by atoms with Crippen molar-refractivity contribution >= 4 is 34.1 Å². The Kier molecular flexibility index (Phi) is 3.61. The van der Waals surface area contributed by atoms with Gasteiger partial charge in [0.25, 0.3) is 0 Å². The van der Waals surface area contributed by atoms with Crippen LogP contribution >= 0.6 is 23.1 Å². The summed E-state index contributed by atoms with van der Waals surface area (Å²) in [6, 6.07) is 0. The van der Waals surface area contributed by atoms with Crippen LogP contribution in [0, 0.1) is 0 Å². The summed E-state index contributed by atoms with van der Waals surface area (Å²) in [5.41, 5.74) is 1.07. The van der Waals surface area contributed by atoms with Gasteiger partial charge in [0, 0.05) is 6.42 Å². The highest BCUT2D eigenvalue weighted by Crippen LogP contribution is 2.26. The van der Waals surface area contributed by atoms with Crippen LogP contribution in [0.4, 0.5) is 5.13 Å². The molecule has 0 saturated carbocycles. The van der Waals surface area contributed by atoms with Crippen molar-refractivity contribution in [3.63, 3.8) is 0 Å². The summed E-state index contributed by atoms with van der Waals surface area (Å²) in [5.74, 6) is 0.482. The molecule has 15 heavy (non-hydrogen) atoms. The average molecular weight is 244 g/mol. The van der Waals surface area contributed by atoms with Crippen molar-refractivity contribution in [1.82, 2.24) is 4.98 Å². The van der Waals surface area contributed by atoms with Gasteiger partial charge in [-0.05, 0) is 6.26 Å². The lowest BCUT2D eigenvalue weighted by Gasteiger charge is -2.08. The Labute approximate surface area is 96.4 Å². The molecule has 0 fully saturated rings. The molecular weight excluding hydrogens is 232 g/mol. The third-order valence-electron chi connectivity index (χ3n) is 2.02. The molecule has 4 nitrogen and oxygen atoms in total. The average Bonchev–Trinajstić information content (AvgIpc) is 2.59. The zero-order valence-electron chi connectivity index (χ0n) is 8.41. The van der Waals surface area contributed by atoms with E-state index in [-0.39, 0.29) is 5.91 Å². The largest absolute Gasteiger partial charge is 0.375 e. The number of anilines is 1. The van der Waals surface area contributed by atoms with Crippen molar-refractivity contribution in [3.8, 4) is 0 Å². The number of nitrogens with zero attached hydrogens (tertiary/aromatic N) is 1. The van der Waals surface area contributed by atoms with Gasteiger partial charge in [0.15, 0.2) is 5.13 Å². The van der Waals surface area contributed by atoms with E-state index in [0.717, 1.165) is 23.6 Å². The molecule has 0 saturated heterocycles. The van der Waals surface area contributed by atoms with Crippen LogP contribution in [0.5, 0.6) is 0 Å². The third-order valence-corrected chi connectivity index (χ3v) is 3.55. The van der Waals surface area contributed by atoms with E-state index in [4.69, 9.17) is 4.74 Å². The van der Waals surface area contributed by atoms with Gasteiger partial charge in [-0.2, -0.15) is 11.8 Å². The van der Waals surface area contributed by atoms with Crippen LogP contribution in [0.1, 0.15) is 10.6 Å². The first-order valence-electron chi connectivity index (χ1n) is 4.64. The Hall–Kier alpha value is -0.590. The SMILES string of the molecule is CSCC(=O)Nc1nc2c(s1)COCC2. The zero-order chi connectivity index (χ0) is 10.7. The minimum atomic E-state index is 0.00881. The van der Waals surface area contributed by atoms with Crippen molar-refractivity contribution < 1.29 is 9.53 Å². The van der Waals surface area contributed by atoms with Gasteiger partial charge in [0.1, 0.15) is 0 Å². The second-order valence-electron chi connectivity index (χ2n) is 3.17. The molecule has 0 radical (unpaired) electrons. The van der Waals surface area contributed by atoms with Gasteiger partial charge in [-0.3, -0.25) is 4.79 Å². The Morgan fingerprint density at radius 3 is 3.33 bits per heavy atom. The Morgan fingerprint density at radius 1 is 1.73 bits per heavy atom. The summed E-state index contributed by atoms with van der Waals surface area (Å²) in [6.07, 6.45) is 2.75. The summed E-state index contributed by atoms with van der Waals surface area (Å²) in [4.78, 5) is 16.8. The molecule has 82 valence electrons. The molecule has 0 atom stereocenters. The smallest absolute Gasteiger partial charge is 0.236 e. The number of fused-ring (bicyclic) bond motifs is 1. The number of thiazole rings is 1. The normalized spacial score (nSPS) is 14.7. The lowest BCUT2D eigenvalue weighted by molar-refractivity contribution is -0.113. The van der Waals surface area contributed by atoms with Crippen molar-refractivity contribution in [3.05, 3.63) is 10.6 Å². The van der Waals surface area contributed by atoms with Crippen LogP contribution < -0.4 is 5.32 Å². The highest BCUT2D eigenvalue weighted by Gasteiger charge is 2.16. The number of carbonyl (C=O) groups excluding carboxylic acids is 1. The third kappa shape index (κ3) is 2.70. The topological polar surface area (TPSA) is 51.2 Å². The van der Waals surface area contributed by atoms with Crippen LogP contribution in [-0.2, 0) is 22.6 Å². The lowest BCUT2D eigenvalue weighted by Crippen LogP contribution is -2.13. The molecular formula is C9H12N2O2S2. The number of thioether (sulfide) groups is 1. The summed E-state index contributed by atoms with van der Waals surface area (Å²) in [5, 5.41) is 3.49. The maximum atomic E-state index is 11.3. The highest BCUT2D eigenvalue weighted by atomic mass is 32.2. The molecule has 2 rings (SSSR count). The fraction of sp³-hybridized carbons (Fsp3) is 0.556. The van der Waals surface area contributed by atoms with Gasteiger partial charge in [0.2, 0.25) is 5.91 Å². The number of aromatic nitrogens is 1. The van der Waals surface area contributed by atoms with Crippen LogP contribution in [-0.4, -0.2) is 29.5 Å². The zero-order valence-corrected chi connectivity index (χ0v) is 10.0. The van der Waals surface area contributed by atoms with Crippen molar-refractivity contribution in [2.75, 3.05) is 23.9 Å². The Morgan fingerprint density at radius 2 is 2.60 bits per heavy atom. The molecule has 1 aromatic rings. The van der Waals surface area contributed by atoms with Gasteiger partial charge in [-0.25, -0.2) is 4.98 Å². The Bertz CT molecular complexity index is 341. The van der Waals surface area contributed by atoms with E-state index in [2.05, 4.69) is 10.3 Å². The molecule has 1 amide bonds. The van der Waals surface area contributed by atoms with Crippen molar-refractivity contribution in [1.29, 1.82) is 0 Å². The van der Waals surface area contributed by atoms with E-state index in [0.29, 0.717) is 17.5 Å². The second kappa shape index (κ2) is 4.96. The minimum Gasteiger partial charge on any atom is -0.375 e. The maximum Gasteiger partial charge on any atom is 0.236 e. The fourth-order valence-electron chi connectivity index (χ4n) is 1.37. The molecule has 6 heteroatoms. The van der Waals surface area contributed by atoms with Gasteiger partial charge >= 0.3 is 0 Å². The van der Waals surface area contributed by atoms with E-state index in [1.807, 2.05) is 6.26 Å². The number of hydrogen-bond acceptors (Lipinski definition) is 5. The first kappa shape index (κ1) is 10.9. The van der Waals surface area contributed by atoms with E-state index in [1.54, 1.807) is 0 Å². The number of hydrogen-bond donors (Lipinski definition) is 1. The number of ether oxygens (including phenoxy) is 1. The van der Waals surface area contributed by atoms with E-state index >= 15 is 0 Å². The van der Waals surface area contributed by atoms with E-state index < -0.39 is 0 Å². The van der Waals surface area contributed by atoms with Crippen molar-refractivity contribution in [2.45, 2.75) is 13.0 Å². The van der Waals surface area contributed by atoms with Crippen LogP contribution in [0.25, 0.3) is 0 Å². The van der Waals surface area contributed by atoms with E-state index in [9.17, 15) is 4.79 Å². The Balaban J connectivity index is 2.03. The standard InChI is InChI=1S/C9H12N2O2S2/c1-14-5-8(12)11-9-10-6-2-3-13-4-7(6)15-9/h2-5H2,1H3,(H,10,11,12). The van der Waals surface area contributed by atoms with Crippen LogP contribution in [0.3, 0.4) is 0 Å². The van der Waals surface area contributed by atoms with Gasteiger partial charge in [-0.1, -0.05) is 11.3 Å². The second-order valence-corrected chi connectivity index (χ2v) is 5.12. The van der Waals surface area contributed by atoms with Gasteiger partial charge in [0.05, 0.1) is 29.5 Å². The molecule has 1 aromatic heterocycles. The molecule has 1 aliphatic heterocycles. The minimum absolute atomic E-state index is 0.00881. The first-order chi connectivity index (χ1) is 7.29. The lowest BCUT2D eigenvalue weighted by atomic mass is 10.2. The van der Waals surface area contributed by atoms with Gasteiger partial charge < -0.3 is 10.1 Å². The first-order valence-corrected chi connectivity index (χ1v) is 6.85. The summed E-state index contributed by atoms with van der Waals surface area (Å²) < 4.78 is 5.32. The number of rotatable bonds is 3. The quantitative estimate of drug-likeness (QED) is 0.876. The monoisotopic (exact) mass is 244 g/mol. The maximum absolute atomic E-state index is 11.3. The number of carbonyl (C=O) groups is 1. The predicted octanol–water partition coefficient (Wildman–Crippen LogP) is 1.52. The predicted molar refractivity (Wildman–Crippen MR) is 62.5 cm³/mol. The summed E-state index contributed by atoms with van der Waals surface area (Å²) in [7, 11) is 0. The molecule has 0 aliphatic carbocycles. The molecule has 0 bridgehead atoms. The van der Waals surface area contributed by atoms with E-state index in [1.165, 1.54) is 23.1 Å². The molecule has 0 unspecified atom stereocenters. The van der Waals surface area contributed by atoms with Gasteiger partial charge in [-0.15, -0.1) is 0 Å². The molecule has 1 aliphatic rings. The molecule has 0 spiro atoms. The summed E-state index contributed by atoms with van der Waals surface area (Å²) in [6.45, 7) is 1.36. The fourth-order valence-corrected chi connectivity index (χ4v) is 2.66.